The van der Waals surface area contributed by atoms with Gasteiger partial charge >= 0.3 is 5.97 Å². The molecule has 5 rings (SSSR count). The minimum Gasteiger partial charge on any atom is -0.508 e. The molecule has 0 aliphatic carbocycles. The lowest BCUT2D eigenvalue weighted by Crippen LogP contribution is -2.61. The van der Waals surface area contributed by atoms with Crippen LogP contribution < -0.4 is 75.7 Å². The van der Waals surface area contributed by atoms with Gasteiger partial charge in [0.05, 0.1) is 32.0 Å². The van der Waals surface area contributed by atoms with E-state index in [2.05, 4.69) is 58.5 Å². The largest absolute Gasteiger partial charge is 0.508 e. The topological polar surface area (TPSA) is 530 Å². The predicted molar refractivity (Wildman–Crippen MR) is 343 cm³/mol. The molecule has 12 atom stereocenters. The van der Waals surface area contributed by atoms with Gasteiger partial charge in [-0.25, -0.2) is 0 Å². The quantitative estimate of drug-likeness (QED) is 0.0917. The number of aliphatic carboxylic acids is 1. The van der Waals surface area contributed by atoms with Gasteiger partial charge in [0.25, 0.3) is 0 Å². The van der Waals surface area contributed by atoms with Gasteiger partial charge in [-0.2, -0.15) is 0 Å². The number of rotatable bonds is 11. The summed E-state index contributed by atoms with van der Waals surface area (Å²) in [5.74, 6) is -19.1. The fourth-order valence-corrected chi connectivity index (χ4v) is 14.8. The van der Waals surface area contributed by atoms with Crippen LogP contribution in [-0.2, 0) is 83.1 Å². The number of aromatic hydroxyl groups is 1. The maximum atomic E-state index is 14.7. The number of carboxylic acid groups (broad SMARTS) is 1. The van der Waals surface area contributed by atoms with E-state index >= 15 is 0 Å². The Bertz CT molecular complexity index is 3020. The van der Waals surface area contributed by atoms with E-state index in [0.717, 1.165) is 53.0 Å². The molecule has 0 radical (unpaired) electrons. The number of benzene rings is 1. The minimum absolute atomic E-state index is 0.0408. The Morgan fingerprint density at radius 2 is 1.06 bits per heavy atom. The molecule has 0 aromatic heterocycles. The molecular formula is C56H82N16O18S4. The molecule has 4 heterocycles. The summed E-state index contributed by atoms with van der Waals surface area (Å²) in [7, 11) is 3.36. The van der Waals surface area contributed by atoms with E-state index in [0.29, 0.717) is 5.56 Å². The first-order valence-corrected chi connectivity index (χ1v) is 35.0. The average Bonchev–Trinajstić information content (AvgIpc) is 1.62. The maximum Gasteiger partial charge on any atom is 0.305 e. The van der Waals surface area contributed by atoms with Gasteiger partial charge < -0.3 is 95.7 Å². The summed E-state index contributed by atoms with van der Waals surface area (Å²) in [6, 6.07) is -12.4. The van der Waals surface area contributed by atoms with Crippen LogP contribution in [0, 0.1) is 11.8 Å². The molecule has 4 fully saturated rings. The molecule has 4 aliphatic rings. The van der Waals surface area contributed by atoms with Gasteiger partial charge in [-0.15, -0.1) is 0 Å². The molecule has 4 aliphatic heterocycles. The summed E-state index contributed by atoms with van der Waals surface area (Å²) < 4.78 is 0. The molecular weight excluding hydrogens is 1310 g/mol. The van der Waals surface area contributed by atoms with Crippen molar-refractivity contribution in [2.45, 2.75) is 152 Å². The number of primary amides is 2. The molecule has 19 N–H and O–H groups in total. The van der Waals surface area contributed by atoms with Crippen molar-refractivity contribution in [3.63, 3.8) is 0 Å². The van der Waals surface area contributed by atoms with Gasteiger partial charge in [-0.3, -0.25) is 76.7 Å². The number of nitrogens with two attached hydrogens (primary N) is 3. The van der Waals surface area contributed by atoms with Crippen molar-refractivity contribution in [3.05, 3.63) is 29.8 Å². The molecule has 15 amide bonds. The predicted octanol–water partition coefficient (Wildman–Crippen LogP) is -6.20. The van der Waals surface area contributed by atoms with Crippen molar-refractivity contribution in [3.8, 4) is 5.75 Å². The first-order chi connectivity index (χ1) is 44.3. The summed E-state index contributed by atoms with van der Waals surface area (Å²) in [5, 5.41) is 46.9. The van der Waals surface area contributed by atoms with Gasteiger partial charge in [0.1, 0.15) is 72.2 Å². The standard InChI is InChI=1S/C56H82N16O18S4/c1-25(2)43-53(87)61-20-41(76)64-33(45(59)79)21-91-93-24-36-49(83)65-31(17-39(58)74)55(89)71-14-6-9-38(71)52(86)70-44(26(3)4)54(88)62-27(5)46(80)66-34(22-92-94-23-35(50(84)68-36)67-47(81)30(57)16-28-10-12-29(73)13-11-28)48(82)60-19-40(75)63-32(18-42(77)78)56(90)72-15-7-8-37(72)51(85)69-43/h10-13,25-27,30-38,43-44,73H,6-9,14-24,57H2,1-5H3,(H2,58,74)(H2,59,79)(H,60,82)(H,61,87)(H,62,88)(H,63,75)(H,64,76)(H,65,83)(H,66,80)(H,67,81)(H,68,84)(H,69,85)(H,70,86)(H,77,78)/t27-,30-,31-,32-,33-,34-,35-,36-,37-,38-,43-,44-/m0/s1. The number of nitrogens with one attached hydrogen (secondary N) is 11. The molecule has 94 heavy (non-hydrogen) atoms. The molecule has 0 saturated carbocycles. The minimum atomic E-state index is -1.82. The monoisotopic (exact) mass is 1390 g/mol. The van der Waals surface area contributed by atoms with Crippen molar-refractivity contribution >= 4 is 138 Å². The number of amides is 15. The Labute approximate surface area is 556 Å². The van der Waals surface area contributed by atoms with Crippen LogP contribution in [0.4, 0.5) is 0 Å². The van der Waals surface area contributed by atoms with Gasteiger partial charge in [-0.1, -0.05) is 83.0 Å². The van der Waals surface area contributed by atoms with Crippen LogP contribution in [0.25, 0.3) is 0 Å². The van der Waals surface area contributed by atoms with E-state index in [1.54, 1.807) is 27.7 Å². The molecule has 1 aromatic carbocycles. The van der Waals surface area contributed by atoms with Crippen LogP contribution in [0.3, 0.4) is 0 Å². The second kappa shape index (κ2) is 36.5. The van der Waals surface area contributed by atoms with E-state index in [9.17, 15) is 86.9 Å². The summed E-state index contributed by atoms with van der Waals surface area (Å²) >= 11 is 0. The second-order valence-electron chi connectivity index (χ2n) is 23.3. The Morgan fingerprint density at radius 1 is 0.574 bits per heavy atom. The summed E-state index contributed by atoms with van der Waals surface area (Å²) in [6.45, 7) is 5.70. The van der Waals surface area contributed by atoms with E-state index in [1.165, 1.54) is 31.2 Å². The number of phenols is 1. The Morgan fingerprint density at radius 3 is 1.60 bits per heavy atom. The third-order valence-corrected chi connectivity index (χ3v) is 20.1. The molecule has 38 heteroatoms. The Kier molecular flexibility index (Phi) is 29.8. The van der Waals surface area contributed by atoms with Gasteiger partial charge in [-0.05, 0) is 68.6 Å². The number of carboxylic acids is 1. The molecule has 0 unspecified atom stereocenters. The first kappa shape index (κ1) is 76.6. The summed E-state index contributed by atoms with van der Waals surface area (Å²) in [6.07, 6.45) is -1.39. The van der Waals surface area contributed by atoms with Crippen molar-refractivity contribution in [1.82, 2.24) is 68.3 Å². The molecule has 1 aromatic rings. The number of carbonyl (C=O) groups is 16. The number of fused-ring (bicyclic) bond motifs is 10. The highest BCUT2D eigenvalue weighted by Crippen LogP contribution is 2.27. The van der Waals surface area contributed by atoms with E-state index in [4.69, 9.17) is 17.2 Å². The fraction of sp³-hybridized carbons (Fsp3) is 0.607. The van der Waals surface area contributed by atoms with Crippen LogP contribution in [0.1, 0.15) is 78.7 Å². The number of hydrogen-bond donors (Lipinski definition) is 16. The van der Waals surface area contributed by atoms with Crippen molar-refractivity contribution in [2.75, 3.05) is 49.2 Å². The number of hydrogen-bond acceptors (Lipinski definition) is 22. The lowest BCUT2D eigenvalue weighted by atomic mass is 10.0. The third-order valence-electron chi connectivity index (χ3n) is 15.2. The molecule has 4 saturated heterocycles. The van der Waals surface area contributed by atoms with Crippen LogP contribution >= 0.6 is 43.2 Å². The zero-order valence-corrected chi connectivity index (χ0v) is 55.5. The zero-order chi connectivity index (χ0) is 69.7. The number of nitrogens with zero attached hydrogens (tertiary/aromatic N) is 2. The molecule has 2 bridgehead atoms. The van der Waals surface area contributed by atoms with Crippen LogP contribution in [0.5, 0.6) is 5.75 Å². The third kappa shape index (κ3) is 23.1. The Hall–Kier alpha value is -8.10. The molecule has 518 valence electrons. The number of phenolic OH excluding ortho intramolecular Hbond substituents is 1. The molecule has 0 spiro atoms. The van der Waals surface area contributed by atoms with Gasteiger partial charge in [0.2, 0.25) is 88.6 Å². The normalized spacial score (nSPS) is 27.5. The van der Waals surface area contributed by atoms with E-state index in [-0.39, 0.29) is 56.7 Å². The lowest BCUT2D eigenvalue weighted by molar-refractivity contribution is -0.146. The summed E-state index contributed by atoms with van der Waals surface area (Å²) in [4.78, 5) is 223. The van der Waals surface area contributed by atoms with Crippen molar-refractivity contribution in [2.24, 2.45) is 29.0 Å². The molecule has 34 nitrogen and oxygen atoms in total. The highest BCUT2D eigenvalue weighted by Gasteiger charge is 2.43. The van der Waals surface area contributed by atoms with Crippen LogP contribution in [0.2, 0.25) is 0 Å². The average molecular weight is 1400 g/mol. The highest BCUT2D eigenvalue weighted by molar-refractivity contribution is 8.77. The SMILES string of the molecule is CC(C)[C@@H]1NC(=O)[C@@H]2CCCN2C(=O)[C@H](CC(=O)O)NC(=O)CNC(=O)[C@@H]2CSSC[C@H](NC(=O)[C@@H](N)Cc3ccc(O)cc3)C(=O)N[C@@H](CSSC[C@@H](C(N)=O)NC(=O)CNC1=O)C(=O)N[C@@H](CC(N)=O)C(=O)N1CCC[C@H]1C(=O)N[C@@H](C(C)C)C(=O)N[C@@H](C)C(=O)N2. The second-order valence-corrected chi connectivity index (χ2v) is 28.4. The van der Waals surface area contributed by atoms with Crippen molar-refractivity contribution < 1.29 is 86.9 Å². The number of carbonyl (C=O) groups excluding carboxylic acids is 15. The van der Waals surface area contributed by atoms with E-state index < -0.39 is 222 Å². The Balaban J connectivity index is 1.60. The first-order valence-electron chi connectivity index (χ1n) is 30.0. The van der Waals surface area contributed by atoms with E-state index in [1.807, 2.05) is 0 Å². The van der Waals surface area contributed by atoms with Gasteiger partial charge in [0.15, 0.2) is 0 Å². The highest BCUT2D eigenvalue weighted by atomic mass is 33.1. The lowest BCUT2D eigenvalue weighted by Gasteiger charge is -2.31. The maximum absolute atomic E-state index is 14.7. The fourth-order valence-electron chi connectivity index (χ4n) is 10.1. The van der Waals surface area contributed by atoms with Crippen LogP contribution in [0.15, 0.2) is 24.3 Å². The smallest absolute Gasteiger partial charge is 0.305 e. The summed E-state index contributed by atoms with van der Waals surface area (Å²) in [5.41, 5.74) is 18.2. The van der Waals surface area contributed by atoms with Crippen molar-refractivity contribution in [1.29, 1.82) is 0 Å². The van der Waals surface area contributed by atoms with Gasteiger partial charge in [0, 0.05) is 36.1 Å². The zero-order valence-electron chi connectivity index (χ0n) is 52.2. The van der Waals surface area contributed by atoms with Crippen LogP contribution in [-0.4, -0.2) is 236 Å².